The Morgan fingerprint density at radius 1 is 1.32 bits per heavy atom. The van der Waals surface area contributed by atoms with Gasteiger partial charge in [0, 0.05) is 16.6 Å². The highest BCUT2D eigenvalue weighted by Gasteiger charge is 2.30. The first kappa shape index (κ1) is 13.8. The molecule has 19 heavy (non-hydrogen) atoms. The molecule has 2 rings (SSSR count). The summed E-state index contributed by atoms with van der Waals surface area (Å²) in [5.74, 6) is 1.12. The van der Waals surface area contributed by atoms with Crippen LogP contribution in [0.4, 0.5) is 18.9 Å². The molecule has 102 valence electrons. The standard InChI is InChI=1S/C12H11F3N2OS/c1-7-4-9(18-17-7)6-19-11-3-2-8(5-10(11)16)12(13,14)15/h2-5H,6,16H2,1H3. The van der Waals surface area contributed by atoms with E-state index in [-0.39, 0.29) is 5.69 Å². The van der Waals surface area contributed by atoms with Crippen molar-refractivity contribution in [1.82, 2.24) is 5.16 Å². The Bertz CT molecular complexity index is 581. The van der Waals surface area contributed by atoms with Crippen LogP contribution in [0.5, 0.6) is 0 Å². The predicted octanol–water partition coefficient (Wildman–Crippen LogP) is 3.88. The molecule has 1 aromatic heterocycles. The first-order chi connectivity index (χ1) is 8.86. The Labute approximate surface area is 112 Å². The molecule has 3 nitrogen and oxygen atoms in total. The van der Waals surface area contributed by atoms with Gasteiger partial charge in [-0.25, -0.2) is 0 Å². The fourth-order valence-electron chi connectivity index (χ4n) is 1.49. The molecule has 0 unspecified atom stereocenters. The van der Waals surface area contributed by atoms with Crippen LogP contribution in [0, 0.1) is 6.92 Å². The van der Waals surface area contributed by atoms with Crippen molar-refractivity contribution < 1.29 is 17.7 Å². The number of halogens is 3. The molecular formula is C12H11F3N2OS. The Morgan fingerprint density at radius 2 is 2.05 bits per heavy atom. The molecule has 7 heteroatoms. The summed E-state index contributed by atoms with van der Waals surface area (Å²) < 4.78 is 42.4. The van der Waals surface area contributed by atoms with Crippen molar-refractivity contribution in [1.29, 1.82) is 0 Å². The van der Waals surface area contributed by atoms with E-state index in [1.807, 2.05) is 0 Å². The Morgan fingerprint density at radius 3 is 2.58 bits per heavy atom. The zero-order valence-electron chi connectivity index (χ0n) is 9.99. The molecule has 0 atom stereocenters. The maximum Gasteiger partial charge on any atom is 0.416 e. The van der Waals surface area contributed by atoms with Crippen LogP contribution in [0.3, 0.4) is 0 Å². The van der Waals surface area contributed by atoms with E-state index in [0.717, 1.165) is 17.8 Å². The molecule has 1 heterocycles. The quantitative estimate of drug-likeness (QED) is 0.688. The predicted molar refractivity (Wildman–Crippen MR) is 66.7 cm³/mol. The first-order valence-electron chi connectivity index (χ1n) is 5.38. The third-order valence-electron chi connectivity index (χ3n) is 2.38. The molecule has 0 saturated heterocycles. The number of aromatic nitrogens is 1. The van der Waals surface area contributed by atoms with Gasteiger partial charge in [-0.15, -0.1) is 11.8 Å². The van der Waals surface area contributed by atoms with Gasteiger partial charge in [0.1, 0.15) is 5.76 Å². The van der Waals surface area contributed by atoms with Crippen molar-refractivity contribution in [3.05, 3.63) is 41.3 Å². The molecule has 0 bridgehead atoms. The van der Waals surface area contributed by atoms with E-state index < -0.39 is 11.7 Å². The van der Waals surface area contributed by atoms with Crippen molar-refractivity contribution in [3.8, 4) is 0 Å². The van der Waals surface area contributed by atoms with Crippen LogP contribution in [0.15, 0.2) is 33.7 Å². The number of benzene rings is 1. The van der Waals surface area contributed by atoms with Gasteiger partial charge in [-0.05, 0) is 25.1 Å². The largest absolute Gasteiger partial charge is 0.416 e. The average Bonchev–Trinajstić information content (AvgIpc) is 2.72. The molecule has 0 radical (unpaired) electrons. The van der Waals surface area contributed by atoms with Crippen LogP contribution < -0.4 is 5.73 Å². The van der Waals surface area contributed by atoms with Gasteiger partial charge in [-0.1, -0.05) is 5.16 Å². The normalized spacial score (nSPS) is 11.8. The topological polar surface area (TPSA) is 52.0 Å². The van der Waals surface area contributed by atoms with Crippen LogP contribution in [-0.4, -0.2) is 5.16 Å². The zero-order valence-corrected chi connectivity index (χ0v) is 10.8. The van der Waals surface area contributed by atoms with E-state index in [2.05, 4.69) is 5.16 Å². The number of aryl methyl sites for hydroxylation is 1. The van der Waals surface area contributed by atoms with E-state index >= 15 is 0 Å². The molecule has 0 aliphatic carbocycles. The molecule has 1 aromatic carbocycles. The van der Waals surface area contributed by atoms with Gasteiger partial charge < -0.3 is 10.3 Å². The van der Waals surface area contributed by atoms with Crippen LogP contribution in [0.2, 0.25) is 0 Å². The highest BCUT2D eigenvalue weighted by atomic mass is 32.2. The number of nitrogens with zero attached hydrogens (tertiary/aromatic N) is 1. The third-order valence-corrected chi connectivity index (χ3v) is 3.50. The average molecular weight is 288 g/mol. The summed E-state index contributed by atoms with van der Waals surface area (Å²) in [6, 6.07) is 5.09. The van der Waals surface area contributed by atoms with Gasteiger partial charge in [-0.2, -0.15) is 13.2 Å². The number of rotatable bonds is 3. The van der Waals surface area contributed by atoms with E-state index in [1.165, 1.54) is 17.8 Å². The van der Waals surface area contributed by atoms with Crippen LogP contribution in [-0.2, 0) is 11.9 Å². The second-order valence-electron chi connectivity index (χ2n) is 3.97. The zero-order chi connectivity index (χ0) is 14.0. The Hall–Kier alpha value is -1.63. The molecule has 0 aliphatic rings. The van der Waals surface area contributed by atoms with E-state index in [4.69, 9.17) is 10.3 Å². The van der Waals surface area contributed by atoms with E-state index in [0.29, 0.717) is 16.4 Å². The number of nitrogen functional groups attached to an aromatic ring is 1. The summed E-state index contributed by atoms with van der Waals surface area (Å²) in [6.45, 7) is 1.80. The maximum absolute atomic E-state index is 12.5. The summed E-state index contributed by atoms with van der Waals surface area (Å²) >= 11 is 1.31. The van der Waals surface area contributed by atoms with Crippen molar-refractivity contribution in [2.45, 2.75) is 23.7 Å². The first-order valence-corrected chi connectivity index (χ1v) is 6.36. The second kappa shape index (κ2) is 5.16. The lowest BCUT2D eigenvalue weighted by molar-refractivity contribution is -0.137. The maximum atomic E-state index is 12.5. The van der Waals surface area contributed by atoms with Crippen molar-refractivity contribution in [2.24, 2.45) is 0 Å². The summed E-state index contributed by atoms with van der Waals surface area (Å²) in [6.07, 6.45) is -4.38. The van der Waals surface area contributed by atoms with Gasteiger partial charge >= 0.3 is 6.18 Å². The minimum Gasteiger partial charge on any atom is -0.398 e. The van der Waals surface area contributed by atoms with Crippen LogP contribution in [0.25, 0.3) is 0 Å². The third kappa shape index (κ3) is 3.44. The van der Waals surface area contributed by atoms with Gasteiger partial charge in [0.05, 0.1) is 17.0 Å². The smallest absolute Gasteiger partial charge is 0.398 e. The van der Waals surface area contributed by atoms with Crippen LogP contribution >= 0.6 is 11.8 Å². The molecular weight excluding hydrogens is 277 g/mol. The molecule has 0 amide bonds. The van der Waals surface area contributed by atoms with Crippen molar-refractivity contribution in [3.63, 3.8) is 0 Å². The lowest BCUT2D eigenvalue weighted by Crippen LogP contribution is -2.05. The minimum atomic E-state index is -4.38. The molecule has 2 N–H and O–H groups in total. The molecule has 0 aliphatic heterocycles. The molecule has 0 saturated carbocycles. The SMILES string of the molecule is Cc1cc(CSc2ccc(C(F)(F)F)cc2N)on1. The fraction of sp³-hybridized carbons (Fsp3) is 0.250. The summed E-state index contributed by atoms with van der Waals surface area (Å²) in [5.41, 5.74) is 5.74. The summed E-state index contributed by atoms with van der Waals surface area (Å²) in [4.78, 5) is 0.585. The Kier molecular flexibility index (Phi) is 3.75. The monoisotopic (exact) mass is 288 g/mol. The van der Waals surface area contributed by atoms with Gasteiger partial charge in [-0.3, -0.25) is 0 Å². The number of hydrogen-bond donors (Lipinski definition) is 1. The summed E-state index contributed by atoms with van der Waals surface area (Å²) in [7, 11) is 0. The molecule has 0 fully saturated rings. The van der Waals surface area contributed by atoms with Crippen molar-refractivity contribution >= 4 is 17.4 Å². The van der Waals surface area contributed by atoms with E-state index in [1.54, 1.807) is 13.0 Å². The van der Waals surface area contributed by atoms with Gasteiger partial charge in [0.25, 0.3) is 0 Å². The molecule has 2 aromatic rings. The number of alkyl halides is 3. The van der Waals surface area contributed by atoms with Gasteiger partial charge in [0.15, 0.2) is 0 Å². The number of anilines is 1. The minimum absolute atomic E-state index is 0.107. The van der Waals surface area contributed by atoms with Crippen molar-refractivity contribution in [2.75, 3.05) is 5.73 Å². The number of thioether (sulfide) groups is 1. The van der Waals surface area contributed by atoms with Gasteiger partial charge in [0.2, 0.25) is 0 Å². The lowest BCUT2D eigenvalue weighted by Gasteiger charge is -2.09. The highest BCUT2D eigenvalue weighted by molar-refractivity contribution is 7.98. The fourth-order valence-corrected chi connectivity index (χ4v) is 2.31. The highest BCUT2D eigenvalue weighted by Crippen LogP contribution is 2.35. The summed E-state index contributed by atoms with van der Waals surface area (Å²) in [5, 5.41) is 3.73. The Balaban J connectivity index is 2.09. The van der Waals surface area contributed by atoms with Crippen LogP contribution in [0.1, 0.15) is 17.0 Å². The number of hydrogen-bond acceptors (Lipinski definition) is 4. The molecule has 0 spiro atoms. The number of nitrogens with two attached hydrogens (primary N) is 1. The second-order valence-corrected chi connectivity index (χ2v) is 4.99. The lowest BCUT2D eigenvalue weighted by atomic mass is 10.2. The van der Waals surface area contributed by atoms with E-state index in [9.17, 15) is 13.2 Å².